The summed E-state index contributed by atoms with van der Waals surface area (Å²) < 4.78 is 20.0. The van der Waals surface area contributed by atoms with Gasteiger partial charge in [0.05, 0.1) is 6.04 Å². The van der Waals surface area contributed by atoms with Crippen LogP contribution in [-0.2, 0) is 14.0 Å². The second kappa shape index (κ2) is 13.9. The number of nitrogens with one attached hydrogen (secondary N) is 1. The lowest BCUT2D eigenvalue weighted by Gasteiger charge is -2.38. The molecule has 4 rings (SSSR count). The number of carbonyl (C=O) groups excluding carboxylic acids is 2. The Morgan fingerprint density at radius 1 is 1.20 bits per heavy atom. The van der Waals surface area contributed by atoms with Crippen molar-refractivity contribution in [1.82, 2.24) is 24.9 Å². The largest absolute Gasteiger partial charge is 0.444 e. The Balaban J connectivity index is 1.55. The van der Waals surface area contributed by atoms with Crippen molar-refractivity contribution in [1.29, 1.82) is 0 Å². The third-order valence-electron chi connectivity index (χ3n) is 8.83. The molecule has 2 heterocycles. The van der Waals surface area contributed by atoms with E-state index >= 15 is 0 Å². The zero-order valence-corrected chi connectivity index (χ0v) is 29.9. The summed E-state index contributed by atoms with van der Waals surface area (Å²) >= 11 is 0. The highest BCUT2D eigenvalue weighted by atomic mass is 28.4. The molecule has 0 unspecified atom stereocenters. The van der Waals surface area contributed by atoms with Crippen LogP contribution in [0.2, 0.25) is 18.1 Å². The molecule has 0 saturated heterocycles. The molecule has 1 fully saturated rings. The van der Waals surface area contributed by atoms with E-state index in [4.69, 9.17) is 13.7 Å². The lowest BCUT2D eigenvalue weighted by molar-refractivity contribution is -0.120. The van der Waals surface area contributed by atoms with Gasteiger partial charge in [0.2, 0.25) is 6.41 Å². The fourth-order valence-electron chi connectivity index (χ4n) is 5.02. The Kier molecular flexibility index (Phi) is 10.5. The first-order chi connectivity index (χ1) is 21.5. The quantitative estimate of drug-likeness (QED) is 0.144. The van der Waals surface area contributed by atoms with Crippen molar-refractivity contribution in [3.8, 4) is 23.2 Å². The Hall–Kier alpha value is -3.88. The third-order valence-corrected chi connectivity index (χ3v) is 13.4. The molecule has 0 spiro atoms. The zero-order chi connectivity index (χ0) is 33.9. The molecule has 248 valence electrons. The lowest BCUT2D eigenvalue weighted by Crippen LogP contribution is -2.42. The summed E-state index contributed by atoms with van der Waals surface area (Å²) in [5.41, 5.74) is 1.78. The molecule has 2 amide bonds. The summed E-state index contributed by atoms with van der Waals surface area (Å²) in [5.74, 6) is 8.22. The van der Waals surface area contributed by atoms with E-state index in [0.717, 1.165) is 36.2 Å². The fourth-order valence-corrected chi connectivity index (χ4v) is 6.37. The molecule has 2 aromatic heterocycles. The second-order valence-electron chi connectivity index (χ2n) is 14.7. The number of aromatic nitrogens is 3. The minimum atomic E-state index is -2.09. The first-order valence-electron chi connectivity index (χ1n) is 15.9. The molecule has 3 aromatic rings. The van der Waals surface area contributed by atoms with Crippen LogP contribution < -0.4 is 5.32 Å². The van der Waals surface area contributed by atoms with Crippen molar-refractivity contribution >= 4 is 20.8 Å². The molecule has 1 N–H and O–H groups in total. The predicted molar refractivity (Wildman–Crippen MR) is 180 cm³/mol. The van der Waals surface area contributed by atoms with Gasteiger partial charge in [-0.25, -0.2) is 9.78 Å². The molecule has 11 heteroatoms. The smallest absolute Gasteiger partial charge is 0.407 e. The number of hydrogen-bond acceptors (Lipinski definition) is 7. The maximum Gasteiger partial charge on any atom is 0.407 e. The predicted octanol–water partition coefficient (Wildman–Crippen LogP) is 6.95. The number of nitrogens with zero attached hydrogens (tertiary/aromatic N) is 4. The second-order valence-corrected chi connectivity index (χ2v) is 19.4. The van der Waals surface area contributed by atoms with E-state index in [0.29, 0.717) is 17.4 Å². The number of carbonyl (C=O) groups is 2. The van der Waals surface area contributed by atoms with E-state index in [2.05, 4.69) is 61.2 Å². The molecule has 0 aliphatic heterocycles. The van der Waals surface area contributed by atoms with Crippen molar-refractivity contribution in [3.63, 3.8) is 0 Å². The SMILES string of the molecule is C[C@H](O[Si](C)(C)C(C)(C)C)c1nccn1[C@H](CNC(=O)OC(C)(C)C)c1cc(-c2ccc(C#CC3CC(N(C)C=O)C3)cc2)on1. The molecule has 1 saturated carbocycles. The van der Waals surface area contributed by atoms with Crippen molar-refractivity contribution in [2.24, 2.45) is 5.92 Å². The van der Waals surface area contributed by atoms with Crippen LogP contribution in [0, 0.1) is 17.8 Å². The number of benzene rings is 1. The van der Waals surface area contributed by atoms with Gasteiger partial charge in [0.25, 0.3) is 0 Å². The number of rotatable bonds is 10. The third kappa shape index (κ3) is 8.68. The van der Waals surface area contributed by atoms with E-state index in [1.807, 2.05) is 75.8 Å². The van der Waals surface area contributed by atoms with E-state index in [9.17, 15) is 9.59 Å². The van der Waals surface area contributed by atoms with E-state index in [-0.39, 0.29) is 23.7 Å². The number of ether oxygens (including phenoxy) is 1. The van der Waals surface area contributed by atoms with Crippen LogP contribution in [0.15, 0.2) is 47.2 Å². The van der Waals surface area contributed by atoms with Gasteiger partial charge in [-0.1, -0.05) is 37.8 Å². The number of amides is 2. The van der Waals surface area contributed by atoms with Crippen LogP contribution in [0.3, 0.4) is 0 Å². The van der Waals surface area contributed by atoms with Gasteiger partial charge < -0.3 is 28.5 Å². The van der Waals surface area contributed by atoms with E-state index in [1.165, 1.54) is 0 Å². The van der Waals surface area contributed by atoms with Gasteiger partial charge in [0.15, 0.2) is 14.1 Å². The highest BCUT2D eigenvalue weighted by Gasteiger charge is 2.39. The van der Waals surface area contributed by atoms with Crippen LogP contribution in [0.25, 0.3) is 11.3 Å². The van der Waals surface area contributed by atoms with Gasteiger partial charge in [-0.3, -0.25) is 4.79 Å². The summed E-state index contributed by atoms with van der Waals surface area (Å²) in [6, 6.07) is 9.61. The van der Waals surface area contributed by atoms with Gasteiger partial charge in [0.1, 0.15) is 23.2 Å². The van der Waals surface area contributed by atoms with Crippen LogP contribution in [0.5, 0.6) is 0 Å². The van der Waals surface area contributed by atoms with Gasteiger partial charge in [-0.15, -0.1) is 0 Å². The Bertz CT molecular complexity index is 1550. The normalized spacial score (nSPS) is 18.0. The number of alkyl carbamates (subject to hydrolysis) is 1. The van der Waals surface area contributed by atoms with Gasteiger partial charge in [-0.05, 0) is 82.9 Å². The Morgan fingerprint density at radius 2 is 1.87 bits per heavy atom. The molecule has 1 aliphatic carbocycles. The average molecular weight is 648 g/mol. The van der Waals surface area contributed by atoms with E-state index in [1.54, 1.807) is 11.1 Å². The maximum absolute atomic E-state index is 12.7. The van der Waals surface area contributed by atoms with Crippen molar-refractivity contribution in [2.45, 2.75) is 103 Å². The lowest BCUT2D eigenvalue weighted by atomic mass is 9.80. The number of imidazole rings is 1. The fraction of sp³-hybridized carbons (Fsp3) is 0.543. The topological polar surface area (TPSA) is 112 Å². The van der Waals surface area contributed by atoms with Gasteiger partial charge >= 0.3 is 6.09 Å². The summed E-state index contributed by atoms with van der Waals surface area (Å²) in [6.07, 6.45) is 5.52. The minimum absolute atomic E-state index is 0.0346. The Labute approximate surface area is 274 Å². The van der Waals surface area contributed by atoms with Crippen LogP contribution in [-0.4, -0.2) is 65.7 Å². The average Bonchev–Trinajstić information content (AvgIpc) is 3.62. The van der Waals surface area contributed by atoms with Crippen molar-refractivity contribution in [2.75, 3.05) is 13.6 Å². The Morgan fingerprint density at radius 3 is 2.48 bits per heavy atom. The summed E-state index contributed by atoms with van der Waals surface area (Å²) in [7, 11) is -0.278. The van der Waals surface area contributed by atoms with Crippen LogP contribution >= 0.6 is 0 Å². The minimum Gasteiger partial charge on any atom is -0.444 e. The summed E-state index contributed by atoms with van der Waals surface area (Å²) in [4.78, 5) is 30.0. The van der Waals surface area contributed by atoms with Crippen molar-refractivity contribution < 1.29 is 23.3 Å². The molecule has 0 radical (unpaired) electrons. The van der Waals surface area contributed by atoms with Crippen molar-refractivity contribution in [3.05, 3.63) is 59.8 Å². The highest BCUT2D eigenvalue weighted by molar-refractivity contribution is 6.74. The first-order valence-corrected chi connectivity index (χ1v) is 18.8. The van der Waals surface area contributed by atoms with E-state index < -0.39 is 26.1 Å². The molecule has 0 bridgehead atoms. The standard InChI is InChI=1S/C35H49N5O5Si/c1-24(45-46(9,10)35(5,6)7)32-36-17-18-40(32)30(22-37-33(42)43-34(2,3)4)29-21-31(44-38-29)27-15-13-25(14-16-27)11-12-26-19-28(20-26)39(8)23-41/h13-18,21,23-24,26,28,30H,19-20,22H2,1-10H3,(H,37,42)/t24-,26?,28?,30+/m0/s1. The molecule has 46 heavy (non-hydrogen) atoms. The molecular formula is C35H49N5O5Si. The monoisotopic (exact) mass is 647 g/mol. The zero-order valence-electron chi connectivity index (χ0n) is 28.9. The molecule has 2 atom stereocenters. The number of hydrogen-bond donors (Lipinski definition) is 1. The first kappa shape index (κ1) is 35.0. The highest BCUT2D eigenvalue weighted by Crippen LogP contribution is 2.40. The summed E-state index contributed by atoms with van der Waals surface area (Å²) in [6.45, 7) is 18.8. The summed E-state index contributed by atoms with van der Waals surface area (Å²) in [5, 5.41) is 7.38. The molecular weight excluding hydrogens is 599 g/mol. The van der Waals surface area contributed by atoms with Gasteiger partial charge in [0, 0.05) is 55.1 Å². The van der Waals surface area contributed by atoms with Crippen LogP contribution in [0.4, 0.5) is 4.79 Å². The molecule has 1 aromatic carbocycles. The molecule has 10 nitrogen and oxygen atoms in total. The van der Waals surface area contributed by atoms with Crippen LogP contribution in [0.1, 0.15) is 90.5 Å². The molecule has 1 aliphatic rings. The van der Waals surface area contributed by atoms with Gasteiger partial charge in [-0.2, -0.15) is 0 Å². The maximum atomic E-state index is 12.7.